The molecular weight excluding hydrogens is 192 g/mol. The van der Waals surface area contributed by atoms with E-state index >= 15 is 0 Å². The largest absolute Gasteiger partial charge is 0.492 e. The predicted molar refractivity (Wildman–Crippen MR) is 60.2 cm³/mol. The highest BCUT2D eigenvalue weighted by molar-refractivity contribution is 5.71. The molecule has 82 valence electrons. The molecular formula is C11H16N2O2. The van der Waals surface area contributed by atoms with E-state index in [9.17, 15) is 4.79 Å². The number of nitrogens with zero attached hydrogens (tertiary/aromatic N) is 1. The van der Waals surface area contributed by atoms with Crippen molar-refractivity contribution in [3.63, 3.8) is 0 Å². The molecule has 15 heavy (non-hydrogen) atoms. The summed E-state index contributed by atoms with van der Waals surface area (Å²) in [7, 11) is 3.99. The number of carbonyl (C=O) groups is 1. The van der Waals surface area contributed by atoms with Crippen LogP contribution >= 0.6 is 0 Å². The van der Waals surface area contributed by atoms with E-state index in [4.69, 9.17) is 4.74 Å². The van der Waals surface area contributed by atoms with Crippen LogP contribution in [0.5, 0.6) is 5.75 Å². The van der Waals surface area contributed by atoms with Crippen molar-refractivity contribution in [1.82, 2.24) is 4.90 Å². The van der Waals surface area contributed by atoms with E-state index in [0.29, 0.717) is 13.0 Å². The van der Waals surface area contributed by atoms with Gasteiger partial charge in [-0.25, -0.2) is 0 Å². The minimum absolute atomic E-state index is 0.636. The van der Waals surface area contributed by atoms with Gasteiger partial charge in [-0.3, -0.25) is 4.79 Å². The van der Waals surface area contributed by atoms with Gasteiger partial charge >= 0.3 is 0 Å². The number of nitrogens with one attached hydrogen (secondary N) is 1. The number of hydrogen-bond acceptors (Lipinski definition) is 3. The molecule has 0 bridgehead atoms. The molecule has 4 nitrogen and oxygen atoms in total. The first-order chi connectivity index (χ1) is 7.22. The van der Waals surface area contributed by atoms with Crippen LogP contribution in [-0.4, -0.2) is 38.6 Å². The smallest absolute Gasteiger partial charge is 0.211 e. The molecule has 0 unspecified atom stereocenters. The van der Waals surface area contributed by atoms with Crippen LogP contribution in [0.2, 0.25) is 0 Å². The lowest BCUT2D eigenvalue weighted by Crippen LogP contribution is -2.19. The molecule has 0 heterocycles. The second-order valence-corrected chi connectivity index (χ2v) is 3.44. The van der Waals surface area contributed by atoms with Crippen LogP contribution in [0.25, 0.3) is 0 Å². The molecule has 0 saturated heterocycles. The van der Waals surface area contributed by atoms with Crippen LogP contribution in [0.3, 0.4) is 0 Å². The second kappa shape index (κ2) is 6.03. The lowest BCUT2D eigenvalue weighted by Gasteiger charge is -2.11. The van der Waals surface area contributed by atoms with E-state index in [0.717, 1.165) is 18.0 Å². The summed E-state index contributed by atoms with van der Waals surface area (Å²) in [6, 6.07) is 7.32. The molecule has 1 amide bonds. The number of benzene rings is 1. The van der Waals surface area contributed by atoms with Gasteiger partial charge in [0.1, 0.15) is 12.4 Å². The monoisotopic (exact) mass is 208 g/mol. The number of amides is 1. The Balaban J connectivity index is 2.46. The maximum atomic E-state index is 10.2. The molecule has 1 aromatic carbocycles. The van der Waals surface area contributed by atoms with Crippen LogP contribution in [0.15, 0.2) is 24.3 Å². The molecule has 0 aliphatic heterocycles. The Morgan fingerprint density at radius 3 is 2.93 bits per heavy atom. The summed E-state index contributed by atoms with van der Waals surface area (Å²) < 4.78 is 5.51. The van der Waals surface area contributed by atoms with Gasteiger partial charge in [-0.1, -0.05) is 6.07 Å². The third-order valence-electron chi connectivity index (χ3n) is 1.87. The SMILES string of the molecule is CN(C)CCOc1cccc(NC=O)c1. The maximum absolute atomic E-state index is 10.2. The molecule has 0 fully saturated rings. The van der Waals surface area contributed by atoms with Crippen molar-refractivity contribution in [1.29, 1.82) is 0 Å². The summed E-state index contributed by atoms with van der Waals surface area (Å²) in [4.78, 5) is 12.3. The van der Waals surface area contributed by atoms with Crippen LogP contribution in [0, 0.1) is 0 Å². The summed E-state index contributed by atoms with van der Waals surface area (Å²) in [6.07, 6.45) is 0.652. The highest BCUT2D eigenvalue weighted by atomic mass is 16.5. The van der Waals surface area contributed by atoms with Gasteiger partial charge in [0.25, 0.3) is 0 Å². The fourth-order valence-electron chi connectivity index (χ4n) is 1.09. The lowest BCUT2D eigenvalue weighted by molar-refractivity contribution is -0.105. The standard InChI is InChI=1S/C11H16N2O2/c1-13(2)6-7-15-11-5-3-4-10(8-11)12-9-14/h3-5,8-9H,6-7H2,1-2H3,(H,12,14). The molecule has 1 rings (SSSR count). The minimum Gasteiger partial charge on any atom is -0.492 e. The van der Waals surface area contributed by atoms with Gasteiger partial charge in [-0.2, -0.15) is 0 Å². The number of rotatable bonds is 6. The zero-order valence-corrected chi connectivity index (χ0v) is 9.06. The fourth-order valence-corrected chi connectivity index (χ4v) is 1.09. The van der Waals surface area contributed by atoms with E-state index in [-0.39, 0.29) is 0 Å². The Morgan fingerprint density at radius 1 is 1.47 bits per heavy atom. The summed E-state index contributed by atoms with van der Waals surface area (Å²) >= 11 is 0. The first kappa shape index (κ1) is 11.5. The summed E-state index contributed by atoms with van der Waals surface area (Å²) in [5, 5.41) is 2.58. The highest BCUT2D eigenvalue weighted by Gasteiger charge is 1.96. The quantitative estimate of drug-likeness (QED) is 0.714. The number of likely N-dealkylation sites (N-methyl/N-ethyl adjacent to an activating group) is 1. The summed E-state index contributed by atoms with van der Waals surface area (Å²) in [5.41, 5.74) is 0.743. The van der Waals surface area contributed by atoms with Gasteiger partial charge < -0.3 is 15.0 Å². The normalized spacial score (nSPS) is 10.1. The maximum Gasteiger partial charge on any atom is 0.211 e. The molecule has 0 aliphatic carbocycles. The Labute approximate surface area is 89.8 Å². The van der Waals surface area contributed by atoms with E-state index in [1.54, 1.807) is 6.07 Å². The summed E-state index contributed by atoms with van der Waals surface area (Å²) in [5.74, 6) is 0.767. The number of hydrogen-bond donors (Lipinski definition) is 1. The van der Waals surface area contributed by atoms with E-state index in [2.05, 4.69) is 5.32 Å². The van der Waals surface area contributed by atoms with Crippen LogP contribution < -0.4 is 10.1 Å². The van der Waals surface area contributed by atoms with Gasteiger partial charge in [0.2, 0.25) is 6.41 Å². The van der Waals surface area contributed by atoms with Crippen LogP contribution in [0.1, 0.15) is 0 Å². The van der Waals surface area contributed by atoms with Crippen LogP contribution in [0.4, 0.5) is 5.69 Å². The van der Waals surface area contributed by atoms with Crippen molar-refractivity contribution in [2.45, 2.75) is 0 Å². The summed E-state index contributed by atoms with van der Waals surface area (Å²) in [6.45, 7) is 1.50. The first-order valence-corrected chi connectivity index (χ1v) is 4.80. The fraction of sp³-hybridized carbons (Fsp3) is 0.364. The third-order valence-corrected chi connectivity index (χ3v) is 1.87. The topological polar surface area (TPSA) is 41.6 Å². The van der Waals surface area contributed by atoms with Gasteiger partial charge in [0, 0.05) is 18.3 Å². The molecule has 1 aromatic rings. The zero-order valence-electron chi connectivity index (χ0n) is 9.06. The molecule has 1 N–H and O–H groups in total. The van der Waals surface area contributed by atoms with E-state index in [1.807, 2.05) is 37.2 Å². The average molecular weight is 208 g/mol. The molecule has 0 saturated carbocycles. The van der Waals surface area contributed by atoms with Crippen molar-refractivity contribution in [3.8, 4) is 5.75 Å². The van der Waals surface area contributed by atoms with Crippen molar-refractivity contribution < 1.29 is 9.53 Å². The number of ether oxygens (including phenoxy) is 1. The van der Waals surface area contributed by atoms with Crippen molar-refractivity contribution in [2.75, 3.05) is 32.6 Å². The molecule has 0 atom stereocenters. The number of anilines is 1. The Bertz CT molecular complexity index is 313. The predicted octanol–water partition coefficient (Wildman–Crippen LogP) is 1.20. The van der Waals surface area contributed by atoms with E-state index in [1.165, 1.54) is 0 Å². The van der Waals surface area contributed by atoms with Gasteiger partial charge in [0.15, 0.2) is 0 Å². The Kier molecular flexibility index (Phi) is 4.63. The highest BCUT2D eigenvalue weighted by Crippen LogP contribution is 2.16. The van der Waals surface area contributed by atoms with Crippen molar-refractivity contribution in [2.24, 2.45) is 0 Å². The number of carbonyl (C=O) groups excluding carboxylic acids is 1. The minimum atomic E-state index is 0.636. The van der Waals surface area contributed by atoms with Gasteiger partial charge in [0.05, 0.1) is 0 Å². The molecule has 0 spiro atoms. The second-order valence-electron chi connectivity index (χ2n) is 3.44. The molecule has 0 radical (unpaired) electrons. The zero-order chi connectivity index (χ0) is 11.1. The van der Waals surface area contributed by atoms with E-state index < -0.39 is 0 Å². The van der Waals surface area contributed by atoms with Crippen molar-refractivity contribution in [3.05, 3.63) is 24.3 Å². The Hall–Kier alpha value is -1.55. The van der Waals surface area contributed by atoms with Crippen LogP contribution in [-0.2, 0) is 4.79 Å². The first-order valence-electron chi connectivity index (χ1n) is 4.80. The molecule has 4 heteroatoms. The average Bonchev–Trinajstić information content (AvgIpc) is 2.18. The molecule has 0 aliphatic rings. The lowest BCUT2D eigenvalue weighted by atomic mass is 10.3. The van der Waals surface area contributed by atoms with Crippen molar-refractivity contribution >= 4 is 12.1 Å². The molecule has 0 aromatic heterocycles. The Morgan fingerprint density at radius 2 is 2.27 bits per heavy atom. The van der Waals surface area contributed by atoms with Gasteiger partial charge in [-0.15, -0.1) is 0 Å². The third kappa shape index (κ3) is 4.46. The van der Waals surface area contributed by atoms with Gasteiger partial charge in [-0.05, 0) is 26.2 Å².